The molecule has 1 N–H and O–H groups in total. The van der Waals surface area contributed by atoms with Crippen LogP contribution in [0.5, 0.6) is 0 Å². The van der Waals surface area contributed by atoms with E-state index < -0.39 is 20.0 Å². The minimum atomic E-state index is -3.93. The third-order valence-corrected chi connectivity index (χ3v) is 8.10. The summed E-state index contributed by atoms with van der Waals surface area (Å²) in [6.45, 7) is 5.99. The van der Waals surface area contributed by atoms with E-state index in [1.165, 1.54) is 28.6 Å². The van der Waals surface area contributed by atoms with Gasteiger partial charge in [-0.15, -0.1) is 0 Å². The molecule has 0 atom stereocenters. The number of benzene rings is 2. The largest absolute Gasteiger partial charge is 0.461 e. The zero-order valence-electron chi connectivity index (χ0n) is 17.0. The number of aryl methyl sites for hydroxylation is 1. The number of anilines is 1. The molecule has 0 aliphatic heterocycles. The second-order valence-electron chi connectivity index (χ2n) is 6.62. The predicted molar refractivity (Wildman–Crippen MR) is 116 cm³/mol. The first-order chi connectivity index (χ1) is 14.2. The van der Waals surface area contributed by atoms with E-state index in [1.807, 2.05) is 6.92 Å². The molecule has 0 spiro atoms. The molecule has 1 aromatic heterocycles. The van der Waals surface area contributed by atoms with Gasteiger partial charge in [-0.25, -0.2) is 16.8 Å². The monoisotopic (exact) mass is 448 g/mol. The highest BCUT2D eigenvalue weighted by molar-refractivity contribution is 7.92. The van der Waals surface area contributed by atoms with Crippen LogP contribution in [0.2, 0.25) is 0 Å². The number of nitrogens with one attached hydrogen (secondary N) is 1. The summed E-state index contributed by atoms with van der Waals surface area (Å²) in [6, 6.07) is 15.7. The summed E-state index contributed by atoms with van der Waals surface area (Å²) in [6.07, 6.45) is 0. The Morgan fingerprint density at radius 3 is 2.00 bits per heavy atom. The van der Waals surface area contributed by atoms with Crippen molar-refractivity contribution in [1.29, 1.82) is 0 Å². The van der Waals surface area contributed by atoms with Crippen LogP contribution in [0.15, 0.2) is 74.9 Å². The van der Waals surface area contributed by atoms with Crippen molar-refractivity contribution < 1.29 is 21.3 Å². The van der Waals surface area contributed by atoms with Crippen LogP contribution in [0.4, 0.5) is 5.69 Å². The SMILES string of the molecule is CCN(CC)S(=O)(=O)c1ccc(S(=O)(=O)Nc2ccccc2-c2ccc(C)o2)cc1. The topological polar surface area (TPSA) is 96.7 Å². The van der Waals surface area contributed by atoms with Gasteiger partial charge >= 0.3 is 0 Å². The molecule has 9 heteroatoms. The third kappa shape index (κ3) is 4.43. The fourth-order valence-electron chi connectivity index (χ4n) is 3.07. The van der Waals surface area contributed by atoms with Crippen molar-refractivity contribution in [3.63, 3.8) is 0 Å². The summed E-state index contributed by atoms with van der Waals surface area (Å²) in [5, 5.41) is 0. The summed E-state index contributed by atoms with van der Waals surface area (Å²) in [4.78, 5) is 0.0167. The van der Waals surface area contributed by atoms with Crippen LogP contribution in [0.1, 0.15) is 19.6 Å². The molecule has 0 saturated heterocycles. The quantitative estimate of drug-likeness (QED) is 0.560. The lowest BCUT2D eigenvalue weighted by Crippen LogP contribution is -2.30. The number of rotatable bonds is 8. The lowest BCUT2D eigenvalue weighted by molar-refractivity contribution is 0.445. The highest BCUT2D eigenvalue weighted by Gasteiger charge is 2.23. The van der Waals surface area contributed by atoms with E-state index in [1.54, 1.807) is 50.2 Å². The van der Waals surface area contributed by atoms with E-state index >= 15 is 0 Å². The zero-order valence-corrected chi connectivity index (χ0v) is 18.6. The van der Waals surface area contributed by atoms with Crippen molar-refractivity contribution in [2.75, 3.05) is 17.8 Å². The van der Waals surface area contributed by atoms with Crippen molar-refractivity contribution in [2.24, 2.45) is 0 Å². The maximum Gasteiger partial charge on any atom is 0.261 e. The van der Waals surface area contributed by atoms with Gasteiger partial charge in [-0.3, -0.25) is 4.72 Å². The van der Waals surface area contributed by atoms with Crippen LogP contribution in [0.25, 0.3) is 11.3 Å². The molecule has 0 saturated carbocycles. The van der Waals surface area contributed by atoms with Crippen molar-refractivity contribution in [3.05, 3.63) is 66.4 Å². The number of para-hydroxylation sites is 1. The van der Waals surface area contributed by atoms with E-state index in [9.17, 15) is 16.8 Å². The maximum atomic E-state index is 12.9. The smallest absolute Gasteiger partial charge is 0.261 e. The highest BCUT2D eigenvalue weighted by Crippen LogP contribution is 2.31. The predicted octanol–water partition coefficient (Wildman–Crippen LogP) is 4.09. The molecule has 3 aromatic rings. The van der Waals surface area contributed by atoms with Gasteiger partial charge in [-0.1, -0.05) is 26.0 Å². The summed E-state index contributed by atoms with van der Waals surface area (Å²) in [7, 11) is -7.59. The van der Waals surface area contributed by atoms with Gasteiger partial charge in [0.25, 0.3) is 10.0 Å². The highest BCUT2D eigenvalue weighted by atomic mass is 32.2. The first-order valence-corrected chi connectivity index (χ1v) is 12.4. The summed E-state index contributed by atoms with van der Waals surface area (Å²) in [5.41, 5.74) is 0.974. The number of nitrogens with zero attached hydrogens (tertiary/aromatic N) is 1. The van der Waals surface area contributed by atoms with Gasteiger partial charge in [0.15, 0.2) is 0 Å². The molecule has 3 rings (SSSR count). The van der Waals surface area contributed by atoms with Crippen molar-refractivity contribution in [2.45, 2.75) is 30.6 Å². The molecule has 1 heterocycles. The van der Waals surface area contributed by atoms with Crippen LogP contribution in [-0.2, 0) is 20.0 Å². The van der Waals surface area contributed by atoms with Crippen LogP contribution in [0, 0.1) is 6.92 Å². The van der Waals surface area contributed by atoms with Crippen LogP contribution < -0.4 is 4.72 Å². The molecule has 2 aromatic carbocycles. The molecule has 0 fully saturated rings. The molecular formula is C21H24N2O5S2. The molecule has 0 amide bonds. The average molecular weight is 449 g/mol. The van der Waals surface area contributed by atoms with Gasteiger partial charge < -0.3 is 4.42 Å². The van der Waals surface area contributed by atoms with E-state index in [0.717, 1.165) is 0 Å². The van der Waals surface area contributed by atoms with E-state index in [-0.39, 0.29) is 9.79 Å². The fourth-order valence-corrected chi connectivity index (χ4v) is 5.61. The molecule has 0 radical (unpaired) electrons. The lowest BCUT2D eigenvalue weighted by Gasteiger charge is -2.18. The molecule has 0 aliphatic rings. The Balaban J connectivity index is 1.91. The minimum absolute atomic E-state index is 0.0357. The Morgan fingerprint density at radius 1 is 0.833 bits per heavy atom. The minimum Gasteiger partial charge on any atom is -0.461 e. The summed E-state index contributed by atoms with van der Waals surface area (Å²) in [5.74, 6) is 1.26. The maximum absolute atomic E-state index is 12.9. The molecule has 0 bridgehead atoms. The third-order valence-electron chi connectivity index (χ3n) is 4.65. The first-order valence-electron chi connectivity index (χ1n) is 9.48. The Hall–Kier alpha value is -2.62. The number of hydrogen-bond donors (Lipinski definition) is 1. The molecule has 30 heavy (non-hydrogen) atoms. The van der Waals surface area contributed by atoms with Gasteiger partial charge in [-0.2, -0.15) is 4.31 Å². The standard InChI is InChI=1S/C21H24N2O5S2/c1-4-23(5-2)30(26,27)18-13-11-17(12-14-18)29(24,25)22-20-9-7-6-8-19(20)21-15-10-16(3)28-21/h6-15,22H,4-5H2,1-3H3. The van der Waals surface area contributed by atoms with Crippen molar-refractivity contribution >= 4 is 25.7 Å². The summed E-state index contributed by atoms with van der Waals surface area (Å²) >= 11 is 0. The van der Waals surface area contributed by atoms with Gasteiger partial charge in [0.1, 0.15) is 11.5 Å². The first kappa shape index (κ1) is 22.1. The van der Waals surface area contributed by atoms with Crippen molar-refractivity contribution in [1.82, 2.24) is 4.31 Å². The van der Waals surface area contributed by atoms with Gasteiger partial charge in [0.2, 0.25) is 10.0 Å². The van der Waals surface area contributed by atoms with Crippen molar-refractivity contribution in [3.8, 4) is 11.3 Å². The fraction of sp³-hybridized carbons (Fsp3) is 0.238. The number of furan rings is 1. The molecular weight excluding hydrogens is 424 g/mol. The zero-order chi connectivity index (χ0) is 21.9. The van der Waals surface area contributed by atoms with Crippen LogP contribution in [0.3, 0.4) is 0 Å². The number of hydrogen-bond acceptors (Lipinski definition) is 5. The summed E-state index contributed by atoms with van der Waals surface area (Å²) < 4.78 is 60.5. The molecule has 0 aliphatic carbocycles. The van der Waals surface area contributed by atoms with Crippen LogP contribution in [-0.4, -0.2) is 34.2 Å². The second kappa shape index (κ2) is 8.63. The van der Waals surface area contributed by atoms with E-state index in [0.29, 0.717) is 35.9 Å². The Morgan fingerprint density at radius 2 is 1.43 bits per heavy atom. The second-order valence-corrected chi connectivity index (χ2v) is 10.2. The van der Waals surface area contributed by atoms with Gasteiger partial charge in [0, 0.05) is 18.7 Å². The normalized spacial score (nSPS) is 12.3. The molecule has 160 valence electrons. The lowest BCUT2D eigenvalue weighted by atomic mass is 10.1. The van der Waals surface area contributed by atoms with Gasteiger partial charge in [0.05, 0.1) is 15.5 Å². The molecule has 7 nitrogen and oxygen atoms in total. The van der Waals surface area contributed by atoms with E-state index in [4.69, 9.17) is 4.42 Å². The average Bonchev–Trinajstić information content (AvgIpc) is 3.15. The Labute approximate surface area is 177 Å². The Bertz CT molecular complexity index is 1230. The van der Waals surface area contributed by atoms with Gasteiger partial charge in [-0.05, 0) is 55.5 Å². The van der Waals surface area contributed by atoms with Crippen LogP contribution >= 0.6 is 0 Å². The Kier molecular flexibility index (Phi) is 6.35. The number of sulfonamides is 2. The molecule has 0 unspecified atom stereocenters. The van der Waals surface area contributed by atoms with E-state index in [2.05, 4.69) is 4.72 Å².